The Morgan fingerprint density at radius 2 is 2.18 bits per heavy atom. The summed E-state index contributed by atoms with van der Waals surface area (Å²) in [6, 6.07) is -0.567. The number of aromatic nitrogens is 3. The molecule has 1 aromatic rings. The van der Waals surface area contributed by atoms with Crippen LogP contribution in [0.3, 0.4) is 0 Å². The van der Waals surface area contributed by atoms with Gasteiger partial charge in [-0.2, -0.15) is 0 Å². The molecule has 0 aromatic carbocycles. The van der Waals surface area contributed by atoms with E-state index in [2.05, 4.69) is 15.6 Å². The average Bonchev–Trinajstić information content (AvgIpc) is 2.67. The molecule has 0 spiro atoms. The fourth-order valence-electron chi connectivity index (χ4n) is 1.41. The van der Waals surface area contributed by atoms with Gasteiger partial charge in [0.25, 0.3) is 0 Å². The maximum Gasteiger partial charge on any atom is 0.358 e. The van der Waals surface area contributed by atoms with Crippen molar-refractivity contribution in [2.24, 2.45) is 0 Å². The first-order valence-electron chi connectivity index (χ1n) is 5.41. The largest absolute Gasteiger partial charge is 0.476 e. The first-order valence-corrected chi connectivity index (χ1v) is 5.41. The fourth-order valence-corrected chi connectivity index (χ4v) is 1.41. The van der Waals surface area contributed by atoms with Crippen LogP contribution in [0.2, 0.25) is 0 Å². The summed E-state index contributed by atoms with van der Waals surface area (Å²) in [6.07, 6.45) is 0.842. The maximum absolute atomic E-state index is 11.7. The second-order valence-corrected chi connectivity index (χ2v) is 3.74. The molecule has 2 N–H and O–H groups in total. The van der Waals surface area contributed by atoms with E-state index in [9.17, 15) is 9.59 Å². The molecule has 0 bridgehead atoms. The van der Waals surface area contributed by atoms with E-state index in [-0.39, 0.29) is 11.6 Å². The van der Waals surface area contributed by atoms with Crippen LogP contribution in [0, 0.1) is 6.92 Å². The number of hydrogen-bond donors (Lipinski definition) is 2. The number of carbonyl (C=O) groups is 2. The predicted molar refractivity (Wildman–Crippen MR) is 59.7 cm³/mol. The number of carboxylic acids is 1. The quantitative estimate of drug-likeness (QED) is 0.775. The highest BCUT2D eigenvalue weighted by Crippen LogP contribution is 2.11. The minimum absolute atomic E-state index is 0.125. The van der Waals surface area contributed by atoms with E-state index in [0.29, 0.717) is 12.2 Å². The van der Waals surface area contributed by atoms with Crippen molar-refractivity contribution >= 4 is 11.9 Å². The van der Waals surface area contributed by atoms with Crippen molar-refractivity contribution in [3.05, 3.63) is 11.4 Å². The maximum atomic E-state index is 11.7. The number of nitrogens with one attached hydrogen (secondary N) is 1. The number of nitrogens with zero attached hydrogens (tertiary/aromatic N) is 3. The molecular formula is C10H16N4O3. The lowest BCUT2D eigenvalue weighted by atomic mass is 10.2. The zero-order chi connectivity index (χ0) is 13.0. The number of rotatable bonds is 5. The van der Waals surface area contributed by atoms with Crippen LogP contribution in [0.1, 0.15) is 42.5 Å². The topological polar surface area (TPSA) is 97.1 Å². The third-order valence-electron chi connectivity index (χ3n) is 2.43. The van der Waals surface area contributed by atoms with Crippen LogP contribution >= 0.6 is 0 Å². The smallest absolute Gasteiger partial charge is 0.358 e. The van der Waals surface area contributed by atoms with Gasteiger partial charge in [0, 0.05) is 6.54 Å². The molecule has 1 amide bonds. The summed E-state index contributed by atoms with van der Waals surface area (Å²) >= 11 is 0. The third kappa shape index (κ3) is 2.80. The van der Waals surface area contributed by atoms with Crippen LogP contribution in [0.15, 0.2) is 0 Å². The Hall–Kier alpha value is -1.92. The molecule has 0 fully saturated rings. The van der Waals surface area contributed by atoms with Gasteiger partial charge in [0.05, 0.1) is 5.69 Å². The van der Waals surface area contributed by atoms with Crippen molar-refractivity contribution in [1.82, 2.24) is 20.3 Å². The van der Waals surface area contributed by atoms with Crippen molar-refractivity contribution in [1.29, 1.82) is 0 Å². The lowest BCUT2D eigenvalue weighted by Gasteiger charge is -2.12. The number of amides is 1. The Morgan fingerprint density at radius 3 is 2.65 bits per heavy atom. The summed E-state index contributed by atoms with van der Waals surface area (Å²) < 4.78 is 1.31. The molecule has 0 saturated carbocycles. The van der Waals surface area contributed by atoms with Crippen molar-refractivity contribution in [2.75, 3.05) is 6.54 Å². The van der Waals surface area contributed by atoms with Crippen LogP contribution in [-0.2, 0) is 4.79 Å². The van der Waals surface area contributed by atoms with Crippen molar-refractivity contribution in [3.63, 3.8) is 0 Å². The second kappa shape index (κ2) is 5.42. The zero-order valence-electron chi connectivity index (χ0n) is 10.1. The number of aromatic carboxylic acids is 1. The minimum atomic E-state index is -1.14. The van der Waals surface area contributed by atoms with Gasteiger partial charge in [-0.3, -0.25) is 4.79 Å². The van der Waals surface area contributed by atoms with Gasteiger partial charge >= 0.3 is 5.97 Å². The molecule has 1 unspecified atom stereocenters. The molecule has 0 aliphatic carbocycles. The molecule has 0 aliphatic rings. The summed E-state index contributed by atoms with van der Waals surface area (Å²) in [5, 5.41) is 18.8. The Morgan fingerprint density at radius 1 is 1.53 bits per heavy atom. The summed E-state index contributed by atoms with van der Waals surface area (Å²) in [5.74, 6) is -1.34. The molecule has 7 nitrogen and oxygen atoms in total. The van der Waals surface area contributed by atoms with E-state index in [1.165, 1.54) is 4.68 Å². The van der Waals surface area contributed by atoms with E-state index in [4.69, 9.17) is 5.11 Å². The van der Waals surface area contributed by atoms with E-state index in [0.717, 1.165) is 6.42 Å². The zero-order valence-corrected chi connectivity index (χ0v) is 10.1. The normalized spacial score (nSPS) is 12.2. The molecule has 94 valence electrons. The van der Waals surface area contributed by atoms with Crippen LogP contribution in [0.5, 0.6) is 0 Å². The van der Waals surface area contributed by atoms with Gasteiger partial charge in [0.2, 0.25) is 5.91 Å². The van der Waals surface area contributed by atoms with Gasteiger partial charge in [-0.1, -0.05) is 12.1 Å². The van der Waals surface area contributed by atoms with E-state index in [1.807, 2.05) is 6.92 Å². The number of carbonyl (C=O) groups excluding carboxylic acids is 1. The lowest BCUT2D eigenvalue weighted by Crippen LogP contribution is -2.32. The molecular weight excluding hydrogens is 224 g/mol. The first-order chi connectivity index (χ1) is 7.99. The van der Waals surface area contributed by atoms with Gasteiger partial charge in [0.1, 0.15) is 6.04 Å². The van der Waals surface area contributed by atoms with Crippen LogP contribution < -0.4 is 5.32 Å². The molecule has 1 aromatic heterocycles. The van der Waals surface area contributed by atoms with Crippen molar-refractivity contribution < 1.29 is 14.7 Å². The summed E-state index contributed by atoms with van der Waals surface area (Å²) in [7, 11) is 0. The van der Waals surface area contributed by atoms with Crippen LogP contribution in [0.4, 0.5) is 0 Å². The van der Waals surface area contributed by atoms with Crippen LogP contribution in [-0.4, -0.2) is 38.5 Å². The third-order valence-corrected chi connectivity index (χ3v) is 2.43. The predicted octanol–water partition coefficient (Wildman–Crippen LogP) is 0.372. The summed E-state index contributed by atoms with van der Waals surface area (Å²) in [6.45, 7) is 5.77. The molecule has 1 heterocycles. The average molecular weight is 240 g/mol. The molecule has 1 atom stereocenters. The Balaban J connectivity index is 2.86. The molecule has 0 saturated heterocycles. The van der Waals surface area contributed by atoms with Crippen molar-refractivity contribution in [3.8, 4) is 0 Å². The molecule has 0 aliphatic heterocycles. The highest BCUT2D eigenvalue weighted by molar-refractivity contribution is 5.86. The minimum Gasteiger partial charge on any atom is -0.476 e. The Labute approximate surface area is 98.8 Å². The van der Waals surface area contributed by atoms with Crippen LogP contribution in [0.25, 0.3) is 0 Å². The van der Waals surface area contributed by atoms with Gasteiger partial charge in [-0.05, 0) is 20.3 Å². The van der Waals surface area contributed by atoms with Gasteiger partial charge < -0.3 is 10.4 Å². The van der Waals surface area contributed by atoms with E-state index < -0.39 is 12.0 Å². The van der Waals surface area contributed by atoms with E-state index in [1.54, 1.807) is 13.8 Å². The van der Waals surface area contributed by atoms with Gasteiger partial charge in [0.15, 0.2) is 5.69 Å². The highest BCUT2D eigenvalue weighted by atomic mass is 16.4. The molecule has 0 radical (unpaired) electrons. The Kier molecular flexibility index (Phi) is 4.19. The summed E-state index contributed by atoms with van der Waals surface area (Å²) in [4.78, 5) is 22.5. The van der Waals surface area contributed by atoms with Gasteiger partial charge in [-0.15, -0.1) is 5.10 Å². The second-order valence-electron chi connectivity index (χ2n) is 3.74. The lowest BCUT2D eigenvalue weighted by molar-refractivity contribution is -0.124. The molecule has 7 heteroatoms. The van der Waals surface area contributed by atoms with Crippen molar-refractivity contribution in [2.45, 2.75) is 33.2 Å². The standard InChI is InChI=1S/C10H16N4O3/c1-4-5-11-9(15)7(3)14-6(2)8(10(16)17)12-13-14/h7H,4-5H2,1-3H3,(H,11,15)(H,16,17). The number of carboxylic acid groups (broad SMARTS) is 1. The fraction of sp³-hybridized carbons (Fsp3) is 0.600. The molecule has 17 heavy (non-hydrogen) atoms. The molecule has 1 rings (SSSR count). The first kappa shape index (κ1) is 13.1. The Bertz CT molecular complexity index is 427. The number of hydrogen-bond acceptors (Lipinski definition) is 4. The summed E-state index contributed by atoms with van der Waals surface area (Å²) in [5.41, 5.74) is 0.247. The van der Waals surface area contributed by atoms with E-state index >= 15 is 0 Å². The monoisotopic (exact) mass is 240 g/mol. The highest BCUT2D eigenvalue weighted by Gasteiger charge is 2.22. The van der Waals surface area contributed by atoms with Gasteiger partial charge in [-0.25, -0.2) is 9.48 Å². The SMILES string of the molecule is CCCNC(=O)C(C)n1nnc(C(=O)O)c1C.